The Balaban J connectivity index is 1.62. The van der Waals surface area contributed by atoms with Gasteiger partial charge in [-0.1, -0.05) is 32.4 Å². The monoisotopic (exact) mass is 474 g/mol. The molecule has 4 rings (SSSR count). The molecule has 0 aromatic carbocycles. The first-order valence-electron chi connectivity index (χ1n) is 14.0. The fourth-order valence-electron chi connectivity index (χ4n) is 10.4. The van der Waals surface area contributed by atoms with Crippen molar-refractivity contribution in [2.75, 3.05) is 6.61 Å². The fourth-order valence-corrected chi connectivity index (χ4v) is 10.4. The number of aliphatic hydroxyl groups is 2. The number of fused-ring (bicyclic) bond motifs is 2. The van der Waals surface area contributed by atoms with Gasteiger partial charge in [-0.2, -0.15) is 0 Å². The molecule has 4 aliphatic carbocycles. The van der Waals surface area contributed by atoms with Gasteiger partial charge in [0.25, 0.3) is 0 Å². The molecule has 1 spiro atoms. The van der Waals surface area contributed by atoms with Crippen LogP contribution in [0.15, 0.2) is 11.6 Å². The molecule has 0 heterocycles. The first-order chi connectivity index (χ1) is 15.8. The third-order valence-corrected chi connectivity index (χ3v) is 12.3. The Hall–Kier alpha value is -0.870. The Bertz CT molecular complexity index is 828. The van der Waals surface area contributed by atoms with Crippen LogP contribution >= 0.6 is 0 Å². The summed E-state index contributed by atoms with van der Waals surface area (Å²) in [5, 5.41) is 30.8. The van der Waals surface area contributed by atoms with Crippen molar-refractivity contribution in [1.29, 1.82) is 0 Å². The fraction of sp³-hybridized carbons (Fsp3) is 0.900. The van der Waals surface area contributed by atoms with E-state index in [2.05, 4.69) is 40.7 Å². The number of allylic oxidation sites excluding steroid dienone is 2. The van der Waals surface area contributed by atoms with E-state index in [-0.39, 0.29) is 35.2 Å². The van der Waals surface area contributed by atoms with Gasteiger partial charge in [0.05, 0.1) is 12.2 Å². The molecule has 34 heavy (non-hydrogen) atoms. The van der Waals surface area contributed by atoms with Crippen LogP contribution in [0, 0.1) is 45.3 Å². The van der Waals surface area contributed by atoms with Gasteiger partial charge in [0.2, 0.25) is 0 Å². The molecule has 9 atom stereocenters. The molecule has 4 aliphatic rings. The first kappa shape index (κ1) is 26.2. The number of carboxylic acid groups (broad SMARTS) is 1. The molecule has 0 aromatic heterocycles. The second-order valence-electron chi connectivity index (χ2n) is 13.9. The summed E-state index contributed by atoms with van der Waals surface area (Å²) in [6.07, 6.45) is 13.7. The van der Waals surface area contributed by atoms with Crippen LogP contribution in [-0.4, -0.2) is 33.5 Å². The van der Waals surface area contributed by atoms with Gasteiger partial charge in [0.1, 0.15) is 0 Å². The normalized spacial score (nSPS) is 45.4. The Morgan fingerprint density at radius 3 is 2.44 bits per heavy atom. The summed E-state index contributed by atoms with van der Waals surface area (Å²) in [5.41, 5.74) is 0.919. The van der Waals surface area contributed by atoms with Crippen molar-refractivity contribution in [3.8, 4) is 0 Å². The lowest BCUT2D eigenvalue weighted by molar-refractivity contribution is -0.159. The summed E-state index contributed by atoms with van der Waals surface area (Å²) in [4.78, 5) is 11.6. The molecule has 0 bridgehead atoms. The standard InChI is InChI=1S/C30H50O4/c1-20(2)8-7-9-21(3)22-12-14-27(5)23-10-11-24(28(6,34)19-31)29(15-13-25(32)33)18-30(23,29)17-16-26(22,27)4/h8,21-24,31,34H,7,9-19H2,1-6H3,(H,32,33)/t21-,22-,23+,24+,26-,27+,28+,29-,30+/m1/s1. The van der Waals surface area contributed by atoms with Crippen LogP contribution in [0.25, 0.3) is 0 Å². The Labute approximate surface area is 207 Å². The SMILES string of the molecule is CC(C)=CCC[C@@H](C)[C@H]1CC[C@@]2(C)[C@@H]3CC[C@@H]([C@@](C)(O)CO)[C@@]4(CCC(=O)O)C[C@@]34CC[C@]12C. The number of carboxylic acids is 1. The van der Waals surface area contributed by atoms with Crippen LogP contribution in [0.5, 0.6) is 0 Å². The minimum absolute atomic E-state index is 0.00579. The average molecular weight is 475 g/mol. The predicted octanol–water partition coefficient (Wildman–Crippen LogP) is 6.60. The molecule has 0 saturated heterocycles. The van der Waals surface area contributed by atoms with E-state index in [1.54, 1.807) is 6.92 Å². The minimum Gasteiger partial charge on any atom is -0.481 e. The highest BCUT2D eigenvalue weighted by Gasteiger charge is 2.81. The lowest BCUT2D eigenvalue weighted by Gasteiger charge is -2.61. The number of hydrogen-bond acceptors (Lipinski definition) is 3. The second-order valence-corrected chi connectivity index (χ2v) is 13.9. The zero-order valence-corrected chi connectivity index (χ0v) is 22.6. The van der Waals surface area contributed by atoms with Crippen molar-refractivity contribution >= 4 is 5.97 Å². The van der Waals surface area contributed by atoms with Crippen LogP contribution in [0.3, 0.4) is 0 Å². The van der Waals surface area contributed by atoms with Crippen LogP contribution in [-0.2, 0) is 4.79 Å². The van der Waals surface area contributed by atoms with Crippen LogP contribution in [0.2, 0.25) is 0 Å². The summed E-state index contributed by atoms with van der Waals surface area (Å²) in [6, 6.07) is 0. The van der Waals surface area contributed by atoms with E-state index in [1.165, 1.54) is 44.1 Å². The molecule has 0 aliphatic heterocycles. The third kappa shape index (κ3) is 3.64. The van der Waals surface area contributed by atoms with Gasteiger partial charge in [-0.3, -0.25) is 4.79 Å². The van der Waals surface area contributed by atoms with Gasteiger partial charge in [-0.15, -0.1) is 0 Å². The Kier molecular flexibility index (Phi) is 6.64. The smallest absolute Gasteiger partial charge is 0.303 e. The quantitative estimate of drug-likeness (QED) is 0.329. The highest BCUT2D eigenvalue weighted by atomic mass is 16.4. The maximum absolute atomic E-state index is 11.6. The summed E-state index contributed by atoms with van der Waals surface area (Å²) in [7, 11) is 0. The Morgan fingerprint density at radius 2 is 1.82 bits per heavy atom. The van der Waals surface area contributed by atoms with Crippen molar-refractivity contribution in [3.63, 3.8) is 0 Å². The topological polar surface area (TPSA) is 77.8 Å². The summed E-state index contributed by atoms with van der Waals surface area (Å²) < 4.78 is 0. The number of rotatable bonds is 9. The summed E-state index contributed by atoms with van der Waals surface area (Å²) >= 11 is 0. The molecule has 0 aromatic rings. The first-order valence-corrected chi connectivity index (χ1v) is 14.0. The molecule has 0 unspecified atom stereocenters. The van der Waals surface area contributed by atoms with Crippen molar-refractivity contribution < 1.29 is 20.1 Å². The lowest BCUT2D eigenvalue weighted by Crippen LogP contribution is -2.57. The van der Waals surface area contributed by atoms with Crippen molar-refractivity contribution in [3.05, 3.63) is 11.6 Å². The highest BCUT2D eigenvalue weighted by Crippen LogP contribution is 2.87. The molecule has 4 heteroatoms. The van der Waals surface area contributed by atoms with Gasteiger partial charge in [0.15, 0.2) is 0 Å². The molecule has 194 valence electrons. The molecule has 4 fully saturated rings. The largest absolute Gasteiger partial charge is 0.481 e. The van der Waals surface area contributed by atoms with E-state index in [0.29, 0.717) is 17.8 Å². The van der Waals surface area contributed by atoms with Crippen LogP contribution < -0.4 is 0 Å². The van der Waals surface area contributed by atoms with E-state index >= 15 is 0 Å². The van der Waals surface area contributed by atoms with E-state index in [0.717, 1.165) is 31.1 Å². The molecule has 3 N–H and O–H groups in total. The molecule has 4 saturated carbocycles. The average Bonchev–Trinajstić information content (AvgIpc) is 3.35. The van der Waals surface area contributed by atoms with E-state index in [1.807, 2.05) is 0 Å². The third-order valence-electron chi connectivity index (χ3n) is 12.3. The van der Waals surface area contributed by atoms with E-state index in [4.69, 9.17) is 0 Å². The van der Waals surface area contributed by atoms with Gasteiger partial charge in [-0.25, -0.2) is 0 Å². The summed E-state index contributed by atoms with van der Waals surface area (Å²) in [6.45, 7) is 13.6. The Morgan fingerprint density at radius 1 is 1.12 bits per heavy atom. The molecular weight excluding hydrogens is 424 g/mol. The van der Waals surface area contributed by atoms with Gasteiger partial charge < -0.3 is 15.3 Å². The highest BCUT2D eigenvalue weighted by molar-refractivity contribution is 5.67. The molecule has 0 radical (unpaired) electrons. The second kappa shape index (κ2) is 8.61. The lowest BCUT2D eigenvalue weighted by atomic mass is 9.43. The van der Waals surface area contributed by atoms with E-state index < -0.39 is 11.6 Å². The van der Waals surface area contributed by atoms with Gasteiger partial charge in [-0.05, 0) is 130 Å². The number of aliphatic carboxylic acids is 1. The zero-order valence-electron chi connectivity index (χ0n) is 22.6. The number of hydrogen-bond donors (Lipinski definition) is 3. The van der Waals surface area contributed by atoms with Gasteiger partial charge >= 0.3 is 5.97 Å². The van der Waals surface area contributed by atoms with Gasteiger partial charge in [0, 0.05) is 6.42 Å². The maximum Gasteiger partial charge on any atom is 0.303 e. The molecular formula is C30H50O4. The molecule has 0 amide bonds. The predicted molar refractivity (Wildman–Crippen MR) is 136 cm³/mol. The minimum atomic E-state index is -1.13. The number of aliphatic hydroxyl groups excluding tert-OH is 1. The van der Waals surface area contributed by atoms with Crippen LogP contribution in [0.4, 0.5) is 0 Å². The summed E-state index contributed by atoms with van der Waals surface area (Å²) in [5.74, 6) is 1.34. The van der Waals surface area contributed by atoms with Crippen LogP contribution in [0.1, 0.15) is 112 Å². The van der Waals surface area contributed by atoms with Crippen molar-refractivity contribution in [1.82, 2.24) is 0 Å². The van der Waals surface area contributed by atoms with Crippen molar-refractivity contribution in [2.45, 2.75) is 118 Å². The number of carbonyl (C=O) groups is 1. The molecule has 4 nitrogen and oxygen atoms in total. The van der Waals surface area contributed by atoms with Crippen molar-refractivity contribution in [2.24, 2.45) is 45.3 Å². The maximum atomic E-state index is 11.6. The zero-order chi connectivity index (χ0) is 25.2. The van der Waals surface area contributed by atoms with E-state index in [9.17, 15) is 20.1 Å².